The molecule has 10 nitrogen and oxygen atoms in total. The Bertz CT molecular complexity index is 766. The van der Waals surface area contributed by atoms with Gasteiger partial charge in [-0.15, -0.1) is 0 Å². The van der Waals surface area contributed by atoms with Gasteiger partial charge in [0.25, 0.3) is 0 Å². The fourth-order valence-electron chi connectivity index (χ4n) is 5.35. The number of esters is 2. The van der Waals surface area contributed by atoms with Crippen molar-refractivity contribution in [2.75, 3.05) is 26.4 Å². The monoisotopic (exact) mass is 694 g/mol. The van der Waals surface area contributed by atoms with Gasteiger partial charge in [0.15, 0.2) is 0 Å². The second-order valence-corrected chi connectivity index (χ2v) is 14.4. The number of rotatable bonds is 36. The molecule has 0 radical (unpaired) electrons. The summed E-state index contributed by atoms with van der Waals surface area (Å²) in [5.74, 6) is -1.02. The molecule has 0 saturated carbocycles. The SMILES string of the molecule is CCCCCCCCCCCCCCCCCCCC(=O)OC(CO)COP(=O)(O)OCC(CO)OC(=O)CCCCCCCCC. The van der Waals surface area contributed by atoms with Gasteiger partial charge < -0.3 is 24.6 Å². The van der Waals surface area contributed by atoms with Crippen LogP contribution < -0.4 is 0 Å². The average Bonchev–Trinajstić information content (AvgIpc) is 3.05. The van der Waals surface area contributed by atoms with Crippen LogP contribution >= 0.6 is 7.82 Å². The topological polar surface area (TPSA) is 149 Å². The van der Waals surface area contributed by atoms with Gasteiger partial charge in [0.05, 0.1) is 26.4 Å². The van der Waals surface area contributed by atoms with Crippen molar-refractivity contribution in [1.82, 2.24) is 0 Å². The molecule has 11 heteroatoms. The molecule has 0 bridgehead atoms. The summed E-state index contributed by atoms with van der Waals surface area (Å²) in [5.41, 5.74) is 0. The minimum atomic E-state index is -4.61. The van der Waals surface area contributed by atoms with Gasteiger partial charge in [0.1, 0.15) is 12.2 Å². The summed E-state index contributed by atoms with van der Waals surface area (Å²) >= 11 is 0. The van der Waals surface area contributed by atoms with Crippen LogP contribution in [0, 0.1) is 0 Å². The smallest absolute Gasteiger partial charge is 0.457 e. The van der Waals surface area contributed by atoms with Gasteiger partial charge in [0, 0.05) is 12.8 Å². The highest BCUT2D eigenvalue weighted by molar-refractivity contribution is 7.47. The van der Waals surface area contributed by atoms with Crippen molar-refractivity contribution in [2.24, 2.45) is 0 Å². The number of phosphoric acid groups is 1. The van der Waals surface area contributed by atoms with Crippen molar-refractivity contribution in [3.63, 3.8) is 0 Å². The largest absolute Gasteiger partial charge is 0.472 e. The molecule has 47 heavy (non-hydrogen) atoms. The van der Waals surface area contributed by atoms with Crippen molar-refractivity contribution in [3.05, 3.63) is 0 Å². The van der Waals surface area contributed by atoms with Crippen molar-refractivity contribution < 1.29 is 47.8 Å². The molecule has 0 aliphatic carbocycles. The van der Waals surface area contributed by atoms with Crippen LogP contribution in [0.3, 0.4) is 0 Å². The Kier molecular flexibility index (Phi) is 32.7. The average molecular weight is 695 g/mol. The predicted octanol–water partition coefficient (Wildman–Crippen LogP) is 9.11. The lowest BCUT2D eigenvalue weighted by Gasteiger charge is -2.20. The van der Waals surface area contributed by atoms with Crippen LogP contribution in [-0.2, 0) is 32.7 Å². The molecule has 0 spiro atoms. The number of aliphatic hydroxyl groups excluding tert-OH is 2. The standard InChI is InChI=1S/C36H71O10P/c1-3-5-7-9-11-12-13-14-15-16-17-18-19-20-22-24-26-28-36(40)46-34(30-38)32-44-47(41,42)43-31-33(29-37)45-35(39)27-25-23-21-10-8-6-4-2/h33-34,37-38H,3-32H2,1-2H3,(H,41,42). The molecule has 3 unspecified atom stereocenters. The Morgan fingerprint density at radius 2 is 0.745 bits per heavy atom. The van der Waals surface area contributed by atoms with E-state index in [0.717, 1.165) is 38.5 Å². The van der Waals surface area contributed by atoms with Gasteiger partial charge in [-0.25, -0.2) is 4.57 Å². The lowest BCUT2D eigenvalue weighted by molar-refractivity contribution is -0.153. The van der Waals surface area contributed by atoms with Crippen molar-refractivity contribution in [3.8, 4) is 0 Å². The highest BCUT2D eigenvalue weighted by atomic mass is 31.2. The summed E-state index contributed by atoms with van der Waals surface area (Å²) < 4.78 is 32.3. The first-order valence-electron chi connectivity index (χ1n) is 19.0. The Balaban J connectivity index is 3.89. The number of carbonyl (C=O) groups excluding carboxylic acids is 2. The van der Waals surface area contributed by atoms with E-state index in [9.17, 15) is 29.3 Å². The molecule has 0 fully saturated rings. The van der Waals surface area contributed by atoms with Crippen LogP contribution in [0.5, 0.6) is 0 Å². The Labute approximate surface area is 286 Å². The zero-order valence-corrected chi connectivity index (χ0v) is 30.9. The molecule has 0 aromatic heterocycles. The van der Waals surface area contributed by atoms with Gasteiger partial charge in [-0.1, -0.05) is 155 Å². The van der Waals surface area contributed by atoms with E-state index >= 15 is 0 Å². The van der Waals surface area contributed by atoms with Crippen molar-refractivity contribution in [2.45, 2.75) is 193 Å². The lowest BCUT2D eigenvalue weighted by Crippen LogP contribution is -2.28. The van der Waals surface area contributed by atoms with Crippen LogP contribution in [0.4, 0.5) is 0 Å². The first kappa shape index (κ1) is 46.0. The maximum absolute atomic E-state index is 12.3. The molecule has 0 aromatic rings. The predicted molar refractivity (Wildman–Crippen MR) is 187 cm³/mol. The molecule has 0 rings (SSSR count). The van der Waals surface area contributed by atoms with Crippen LogP contribution in [0.1, 0.15) is 181 Å². The summed E-state index contributed by atoms with van der Waals surface area (Å²) in [6.07, 6.45) is 26.8. The van der Waals surface area contributed by atoms with E-state index in [-0.39, 0.29) is 12.8 Å². The van der Waals surface area contributed by atoms with Gasteiger partial charge in [0.2, 0.25) is 0 Å². The molecule has 3 N–H and O–H groups in total. The minimum Gasteiger partial charge on any atom is -0.457 e. The fraction of sp³-hybridized carbons (Fsp3) is 0.944. The van der Waals surface area contributed by atoms with Crippen molar-refractivity contribution in [1.29, 1.82) is 0 Å². The maximum atomic E-state index is 12.3. The molecule has 280 valence electrons. The quantitative estimate of drug-likeness (QED) is 0.0329. The number of hydrogen-bond acceptors (Lipinski definition) is 9. The molecule has 0 aromatic carbocycles. The lowest BCUT2D eigenvalue weighted by atomic mass is 10.0. The van der Waals surface area contributed by atoms with E-state index in [4.69, 9.17) is 18.5 Å². The molecule has 0 amide bonds. The normalized spacial score (nSPS) is 14.1. The number of hydrogen-bond donors (Lipinski definition) is 3. The van der Waals surface area contributed by atoms with E-state index in [1.165, 1.54) is 103 Å². The molecule has 0 aliphatic heterocycles. The molecular formula is C36H71O10P. The third-order valence-corrected chi connectivity index (χ3v) is 9.27. The molecule has 0 aliphatic rings. The highest BCUT2D eigenvalue weighted by Gasteiger charge is 2.27. The Morgan fingerprint density at radius 3 is 1.00 bits per heavy atom. The van der Waals surface area contributed by atoms with Crippen LogP contribution in [0.25, 0.3) is 0 Å². The fourth-order valence-corrected chi connectivity index (χ4v) is 6.13. The van der Waals surface area contributed by atoms with Crippen LogP contribution in [-0.4, -0.2) is 65.7 Å². The third-order valence-electron chi connectivity index (χ3n) is 8.32. The van der Waals surface area contributed by atoms with E-state index in [1.807, 2.05) is 0 Å². The first-order valence-corrected chi connectivity index (χ1v) is 20.5. The zero-order valence-electron chi connectivity index (χ0n) is 30.0. The zero-order chi connectivity index (χ0) is 34.9. The molecule has 3 atom stereocenters. The Morgan fingerprint density at radius 1 is 0.489 bits per heavy atom. The summed E-state index contributed by atoms with van der Waals surface area (Å²) in [6.45, 7) is 2.16. The van der Waals surface area contributed by atoms with Gasteiger partial charge in [-0.05, 0) is 12.8 Å². The highest BCUT2D eigenvalue weighted by Crippen LogP contribution is 2.43. The van der Waals surface area contributed by atoms with Gasteiger partial charge in [-0.3, -0.25) is 18.6 Å². The number of carbonyl (C=O) groups is 2. The number of phosphoric ester groups is 1. The summed E-state index contributed by atoms with van der Waals surface area (Å²) in [5, 5.41) is 19.0. The van der Waals surface area contributed by atoms with E-state index in [2.05, 4.69) is 13.8 Å². The van der Waals surface area contributed by atoms with Crippen molar-refractivity contribution >= 4 is 19.8 Å². The van der Waals surface area contributed by atoms with Gasteiger partial charge in [-0.2, -0.15) is 0 Å². The van der Waals surface area contributed by atoms with Crippen LogP contribution in [0.15, 0.2) is 0 Å². The second kappa shape index (κ2) is 33.5. The third kappa shape index (κ3) is 32.0. The summed E-state index contributed by atoms with van der Waals surface area (Å²) in [6, 6.07) is 0. The second-order valence-electron chi connectivity index (χ2n) is 12.9. The number of aliphatic hydroxyl groups is 2. The summed E-state index contributed by atoms with van der Waals surface area (Å²) in [4.78, 5) is 34.2. The summed E-state index contributed by atoms with van der Waals surface area (Å²) in [7, 11) is -4.61. The number of ether oxygens (including phenoxy) is 2. The number of unbranched alkanes of at least 4 members (excludes halogenated alkanes) is 22. The first-order chi connectivity index (χ1) is 22.8. The molecule has 0 saturated heterocycles. The van der Waals surface area contributed by atoms with Crippen LogP contribution in [0.2, 0.25) is 0 Å². The molecular weight excluding hydrogens is 623 g/mol. The maximum Gasteiger partial charge on any atom is 0.472 e. The van der Waals surface area contributed by atoms with E-state index in [0.29, 0.717) is 12.8 Å². The van der Waals surface area contributed by atoms with E-state index in [1.54, 1.807) is 0 Å². The van der Waals surface area contributed by atoms with E-state index < -0.39 is 58.4 Å². The minimum absolute atomic E-state index is 0.195. The van der Waals surface area contributed by atoms with Gasteiger partial charge >= 0.3 is 19.8 Å². The Hall–Kier alpha value is -1.03. The molecule has 0 heterocycles.